The minimum Gasteiger partial charge on any atom is -0.392 e. The molecule has 0 spiro atoms. The summed E-state index contributed by atoms with van der Waals surface area (Å²) in [7, 11) is -3.51. The van der Waals surface area contributed by atoms with E-state index in [9.17, 15) is 8.42 Å². The maximum absolute atomic E-state index is 11.9. The number of hydrogen-bond acceptors (Lipinski definition) is 3. The van der Waals surface area contributed by atoms with E-state index < -0.39 is 15.6 Å². The van der Waals surface area contributed by atoms with Gasteiger partial charge in [0.05, 0.1) is 11.5 Å². The van der Waals surface area contributed by atoms with Gasteiger partial charge in [-0.05, 0) is 38.5 Å². The van der Waals surface area contributed by atoms with Crippen LogP contribution in [0.25, 0.3) is 0 Å². The molecular weight excluding hydrogens is 226 g/mol. The van der Waals surface area contributed by atoms with E-state index >= 15 is 0 Å². The van der Waals surface area contributed by atoms with Crippen molar-refractivity contribution in [2.75, 3.05) is 0 Å². The van der Waals surface area contributed by atoms with Crippen molar-refractivity contribution in [2.24, 2.45) is 0 Å². The maximum atomic E-state index is 11.9. The van der Waals surface area contributed by atoms with Gasteiger partial charge in [0.1, 0.15) is 0 Å². The largest absolute Gasteiger partial charge is 0.392 e. The van der Waals surface area contributed by atoms with Gasteiger partial charge in [0.15, 0.2) is 0 Å². The highest BCUT2D eigenvalue weighted by Crippen LogP contribution is 2.14. The highest BCUT2D eigenvalue weighted by atomic mass is 32.2. The van der Waals surface area contributed by atoms with E-state index in [1.165, 1.54) is 12.1 Å². The molecule has 4 nitrogen and oxygen atoms in total. The van der Waals surface area contributed by atoms with Crippen molar-refractivity contribution in [3.8, 4) is 0 Å². The van der Waals surface area contributed by atoms with E-state index in [0.29, 0.717) is 5.56 Å². The van der Waals surface area contributed by atoms with Gasteiger partial charge in [-0.1, -0.05) is 12.1 Å². The molecule has 0 aliphatic carbocycles. The van der Waals surface area contributed by atoms with Crippen LogP contribution in [0.15, 0.2) is 29.2 Å². The Kier molecular flexibility index (Phi) is 3.72. The Morgan fingerprint density at radius 2 is 1.94 bits per heavy atom. The summed E-state index contributed by atoms with van der Waals surface area (Å²) in [5.41, 5.74) is 0.0606. The predicted octanol–water partition coefficient (Wildman–Crippen LogP) is 1.26. The fraction of sp³-hybridized carbons (Fsp3) is 0.455. The van der Waals surface area contributed by atoms with Crippen molar-refractivity contribution in [2.45, 2.75) is 37.8 Å². The zero-order valence-electron chi connectivity index (χ0n) is 9.69. The van der Waals surface area contributed by atoms with Crippen molar-refractivity contribution < 1.29 is 13.5 Å². The van der Waals surface area contributed by atoms with Crippen molar-refractivity contribution >= 4 is 10.0 Å². The minimum absolute atomic E-state index is 0.168. The van der Waals surface area contributed by atoms with Crippen LogP contribution in [0.5, 0.6) is 0 Å². The number of benzene rings is 1. The van der Waals surface area contributed by atoms with E-state index in [-0.39, 0.29) is 11.5 Å². The van der Waals surface area contributed by atoms with Gasteiger partial charge in [0.2, 0.25) is 10.0 Å². The molecule has 1 aromatic carbocycles. The lowest BCUT2D eigenvalue weighted by molar-refractivity contribution is 0.281. The van der Waals surface area contributed by atoms with Crippen molar-refractivity contribution in [1.29, 1.82) is 0 Å². The van der Waals surface area contributed by atoms with Crippen molar-refractivity contribution in [1.82, 2.24) is 4.72 Å². The molecular formula is C11H17NO3S. The van der Waals surface area contributed by atoms with Crippen LogP contribution in [-0.2, 0) is 16.6 Å². The molecule has 0 fully saturated rings. The van der Waals surface area contributed by atoms with Gasteiger partial charge in [-0.15, -0.1) is 0 Å². The topological polar surface area (TPSA) is 66.4 Å². The van der Waals surface area contributed by atoms with Crippen LogP contribution in [0.3, 0.4) is 0 Å². The minimum atomic E-state index is -3.51. The Hall–Kier alpha value is -0.910. The number of aliphatic hydroxyl groups excluding tert-OH is 1. The number of nitrogens with one attached hydrogen (secondary N) is 1. The van der Waals surface area contributed by atoms with Crippen molar-refractivity contribution in [3.63, 3.8) is 0 Å². The molecule has 1 rings (SSSR count). The third-order valence-corrected chi connectivity index (χ3v) is 3.59. The number of aliphatic hydroxyl groups is 1. The third kappa shape index (κ3) is 3.59. The standard InChI is InChI=1S/C11H17NO3S/c1-11(2,3)12-16(14,15)10-6-4-5-9(7-10)8-13/h4-7,12-13H,8H2,1-3H3. The summed E-state index contributed by atoms with van der Waals surface area (Å²) in [6, 6.07) is 6.26. The number of rotatable bonds is 3. The summed E-state index contributed by atoms with van der Waals surface area (Å²) in [5, 5.41) is 8.95. The fourth-order valence-corrected chi connectivity index (χ4v) is 2.76. The number of hydrogen-bond donors (Lipinski definition) is 2. The van der Waals surface area contributed by atoms with Gasteiger partial charge in [-0.3, -0.25) is 0 Å². The first-order valence-electron chi connectivity index (χ1n) is 4.98. The first-order valence-corrected chi connectivity index (χ1v) is 6.47. The molecule has 0 heterocycles. The molecule has 0 saturated carbocycles. The highest BCUT2D eigenvalue weighted by Gasteiger charge is 2.21. The molecule has 0 saturated heterocycles. The average Bonchev–Trinajstić information content (AvgIpc) is 2.14. The molecule has 1 aromatic rings. The molecule has 0 unspecified atom stereocenters. The van der Waals surface area contributed by atoms with Crippen LogP contribution in [0.2, 0.25) is 0 Å². The van der Waals surface area contributed by atoms with Gasteiger partial charge in [-0.25, -0.2) is 13.1 Å². The van der Waals surface area contributed by atoms with Gasteiger partial charge in [0.25, 0.3) is 0 Å². The normalized spacial score (nSPS) is 12.8. The zero-order chi connectivity index (χ0) is 12.4. The molecule has 0 aliphatic heterocycles. The van der Waals surface area contributed by atoms with Gasteiger partial charge >= 0.3 is 0 Å². The van der Waals surface area contributed by atoms with E-state index in [1.807, 2.05) is 0 Å². The van der Waals surface area contributed by atoms with Gasteiger partial charge in [-0.2, -0.15) is 0 Å². The van der Waals surface area contributed by atoms with E-state index in [0.717, 1.165) is 0 Å². The Morgan fingerprint density at radius 1 is 1.31 bits per heavy atom. The summed E-state index contributed by atoms with van der Waals surface area (Å²) in [5.74, 6) is 0. The van der Waals surface area contributed by atoms with Crippen LogP contribution in [-0.4, -0.2) is 19.1 Å². The van der Waals surface area contributed by atoms with Gasteiger partial charge in [0, 0.05) is 5.54 Å². The fourth-order valence-electron chi connectivity index (χ4n) is 1.27. The van der Waals surface area contributed by atoms with Crippen LogP contribution in [0, 0.1) is 0 Å². The Labute approximate surface area is 96.4 Å². The average molecular weight is 243 g/mol. The smallest absolute Gasteiger partial charge is 0.241 e. The molecule has 0 radical (unpaired) electrons. The Balaban J connectivity index is 3.08. The summed E-state index contributed by atoms with van der Waals surface area (Å²) in [6.45, 7) is 5.17. The Bertz CT molecular complexity index is 460. The molecule has 2 N–H and O–H groups in total. The Morgan fingerprint density at radius 3 is 2.44 bits per heavy atom. The second kappa shape index (κ2) is 4.53. The van der Waals surface area contributed by atoms with E-state index in [4.69, 9.17) is 5.11 Å². The number of sulfonamides is 1. The van der Waals surface area contributed by atoms with E-state index in [1.54, 1.807) is 32.9 Å². The lowest BCUT2D eigenvalue weighted by atomic mass is 10.1. The van der Waals surface area contributed by atoms with Crippen LogP contribution in [0.4, 0.5) is 0 Å². The quantitative estimate of drug-likeness (QED) is 0.839. The van der Waals surface area contributed by atoms with E-state index in [2.05, 4.69) is 4.72 Å². The second-order valence-electron chi connectivity index (χ2n) is 4.66. The van der Waals surface area contributed by atoms with Crippen LogP contribution >= 0.6 is 0 Å². The highest BCUT2D eigenvalue weighted by molar-refractivity contribution is 7.89. The first kappa shape index (κ1) is 13.2. The monoisotopic (exact) mass is 243 g/mol. The zero-order valence-corrected chi connectivity index (χ0v) is 10.5. The molecule has 90 valence electrons. The van der Waals surface area contributed by atoms with Gasteiger partial charge < -0.3 is 5.11 Å². The van der Waals surface area contributed by atoms with Crippen LogP contribution < -0.4 is 4.72 Å². The molecule has 0 bridgehead atoms. The summed E-state index contributed by atoms with van der Waals surface area (Å²) in [6.07, 6.45) is 0. The van der Waals surface area contributed by atoms with Crippen molar-refractivity contribution in [3.05, 3.63) is 29.8 Å². The molecule has 5 heteroatoms. The third-order valence-electron chi connectivity index (χ3n) is 1.83. The van der Waals surface area contributed by atoms with Crippen LogP contribution in [0.1, 0.15) is 26.3 Å². The molecule has 0 aliphatic rings. The summed E-state index contributed by atoms with van der Waals surface area (Å²) in [4.78, 5) is 0.175. The summed E-state index contributed by atoms with van der Waals surface area (Å²) >= 11 is 0. The molecule has 0 aromatic heterocycles. The molecule has 0 amide bonds. The SMILES string of the molecule is CC(C)(C)NS(=O)(=O)c1cccc(CO)c1. The summed E-state index contributed by atoms with van der Waals surface area (Å²) < 4.78 is 26.4. The second-order valence-corrected chi connectivity index (χ2v) is 6.34. The first-order chi connectivity index (χ1) is 7.24. The lowest BCUT2D eigenvalue weighted by Crippen LogP contribution is -2.40. The molecule has 0 atom stereocenters. The predicted molar refractivity (Wildman–Crippen MR) is 62.4 cm³/mol. The molecule has 16 heavy (non-hydrogen) atoms. The maximum Gasteiger partial charge on any atom is 0.241 e. The lowest BCUT2D eigenvalue weighted by Gasteiger charge is -2.20.